The Morgan fingerprint density at radius 3 is 2.74 bits per heavy atom. The summed E-state index contributed by atoms with van der Waals surface area (Å²) in [6.45, 7) is 3.27. The molecule has 0 bridgehead atoms. The van der Waals surface area contributed by atoms with Crippen molar-refractivity contribution in [3.63, 3.8) is 0 Å². The summed E-state index contributed by atoms with van der Waals surface area (Å²) in [6.07, 6.45) is 0. The third-order valence-corrected chi connectivity index (χ3v) is 4.13. The highest BCUT2D eigenvalue weighted by molar-refractivity contribution is 7.10. The van der Waals surface area contributed by atoms with E-state index in [2.05, 4.69) is 16.0 Å². The standard InChI is InChI=1S/C16H18FN3O2S/c1-10(15-4-3-7-23-15)19-16(22)9-18-12-5-6-13(17)14(8-12)20-11(2)21/h3-8,10,18H,9H2,1-2H3,(H,19,22)(H,20,21). The molecule has 0 aliphatic carbocycles. The summed E-state index contributed by atoms with van der Waals surface area (Å²) in [5, 5.41) is 10.1. The maximum absolute atomic E-state index is 13.5. The molecular weight excluding hydrogens is 317 g/mol. The second-order valence-corrected chi connectivity index (χ2v) is 6.01. The summed E-state index contributed by atoms with van der Waals surface area (Å²) in [5.74, 6) is -1.05. The monoisotopic (exact) mass is 335 g/mol. The van der Waals surface area contributed by atoms with Gasteiger partial charge in [0.1, 0.15) is 5.82 Å². The lowest BCUT2D eigenvalue weighted by Crippen LogP contribution is -2.31. The molecule has 1 heterocycles. The third-order valence-electron chi connectivity index (χ3n) is 3.08. The SMILES string of the molecule is CC(=O)Nc1cc(NCC(=O)NC(C)c2cccs2)ccc1F. The van der Waals surface area contributed by atoms with Crippen LogP contribution in [0, 0.1) is 5.82 Å². The maximum atomic E-state index is 13.5. The Bertz CT molecular complexity index is 689. The molecule has 7 heteroatoms. The molecular formula is C16H18FN3O2S. The van der Waals surface area contributed by atoms with Gasteiger partial charge >= 0.3 is 0 Å². The fraction of sp³-hybridized carbons (Fsp3) is 0.250. The van der Waals surface area contributed by atoms with Crippen LogP contribution in [0.3, 0.4) is 0 Å². The second kappa shape index (κ2) is 7.73. The zero-order valence-corrected chi connectivity index (χ0v) is 13.7. The Kier molecular flexibility index (Phi) is 5.70. The number of carbonyl (C=O) groups is 2. The predicted molar refractivity (Wildman–Crippen MR) is 90.1 cm³/mol. The van der Waals surface area contributed by atoms with E-state index in [1.54, 1.807) is 11.3 Å². The molecule has 0 saturated heterocycles. The van der Waals surface area contributed by atoms with Gasteiger partial charge in [0.2, 0.25) is 11.8 Å². The number of hydrogen-bond acceptors (Lipinski definition) is 4. The molecule has 1 aromatic carbocycles. The van der Waals surface area contributed by atoms with Crippen molar-refractivity contribution in [2.24, 2.45) is 0 Å². The molecule has 0 aliphatic rings. The van der Waals surface area contributed by atoms with Gasteiger partial charge < -0.3 is 16.0 Å². The van der Waals surface area contributed by atoms with E-state index in [-0.39, 0.29) is 30.1 Å². The zero-order valence-electron chi connectivity index (χ0n) is 12.9. The average Bonchev–Trinajstić information content (AvgIpc) is 3.02. The number of nitrogens with one attached hydrogen (secondary N) is 3. The molecule has 1 atom stereocenters. The number of halogens is 1. The van der Waals surface area contributed by atoms with Crippen molar-refractivity contribution in [2.45, 2.75) is 19.9 Å². The first-order valence-electron chi connectivity index (χ1n) is 7.09. The van der Waals surface area contributed by atoms with Crippen LogP contribution in [-0.4, -0.2) is 18.4 Å². The van der Waals surface area contributed by atoms with E-state index in [0.717, 1.165) is 4.88 Å². The molecule has 23 heavy (non-hydrogen) atoms. The molecule has 0 spiro atoms. The summed E-state index contributed by atoms with van der Waals surface area (Å²) < 4.78 is 13.5. The number of carbonyl (C=O) groups excluding carboxylic acids is 2. The van der Waals surface area contributed by atoms with Crippen LogP contribution < -0.4 is 16.0 Å². The fourth-order valence-corrected chi connectivity index (χ4v) is 2.74. The van der Waals surface area contributed by atoms with Gasteiger partial charge in [-0.1, -0.05) is 6.07 Å². The molecule has 0 radical (unpaired) electrons. The Balaban J connectivity index is 1.90. The number of thiophene rings is 1. The van der Waals surface area contributed by atoms with Crippen molar-refractivity contribution in [1.82, 2.24) is 5.32 Å². The fourth-order valence-electron chi connectivity index (χ4n) is 2.00. The summed E-state index contributed by atoms with van der Waals surface area (Å²) in [6, 6.07) is 8.03. The molecule has 3 N–H and O–H groups in total. The van der Waals surface area contributed by atoms with Gasteiger partial charge in [-0.15, -0.1) is 11.3 Å². The molecule has 2 rings (SSSR count). The van der Waals surface area contributed by atoms with E-state index in [9.17, 15) is 14.0 Å². The average molecular weight is 335 g/mol. The predicted octanol–water partition coefficient (Wildman–Crippen LogP) is 3.13. The minimum Gasteiger partial charge on any atom is -0.376 e. The van der Waals surface area contributed by atoms with Crippen LogP contribution in [0.25, 0.3) is 0 Å². The number of anilines is 2. The van der Waals surface area contributed by atoms with Crippen molar-refractivity contribution in [3.05, 3.63) is 46.4 Å². The van der Waals surface area contributed by atoms with Gasteiger partial charge in [-0.3, -0.25) is 9.59 Å². The first-order chi connectivity index (χ1) is 11.0. The molecule has 1 aromatic heterocycles. The highest BCUT2D eigenvalue weighted by Gasteiger charge is 2.11. The van der Waals surface area contributed by atoms with E-state index in [0.29, 0.717) is 5.69 Å². The van der Waals surface area contributed by atoms with E-state index in [1.165, 1.54) is 25.1 Å². The van der Waals surface area contributed by atoms with Gasteiger partial charge in [0.05, 0.1) is 18.3 Å². The lowest BCUT2D eigenvalue weighted by Gasteiger charge is -2.13. The van der Waals surface area contributed by atoms with Crippen LogP contribution in [0.1, 0.15) is 24.8 Å². The van der Waals surface area contributed by atoms with Crippen LogP contribution in [0.15, 0.2) is 35.7 Å². The maximum Gasteiger partial charge on any atom is 0.239 e. The minimum atomic E-state index is -0.526. The molecule has 0 aliphatic heterocycles. The van der Waals surface area contributed by atoms with Crippen molar-refractivity contribution in [3.8, 4) is 0 Å². The second-order valence-electron chi connectivity index (χ2n) is 5.03. The summed E-state index contributed by atoms with van der Waals surface area (Å²) in [5.41, 5.74) is 0.629. The first kappa shape index (κ1) is 17.0. The summed E-state index contributed by atoms with van der Waals surface area (Å²) in [7, 11) is 0. The van der Waals surface area contributed by atoms with Crippen LogP contribution in [0.4, 0.5) is 15.8 Å². The smallest absolute Gasteiger partial charge is 0.239 e. The van der Waals surface area contributed by atoms with Gasteiger partial charge in [-0.25, -0.2) is 4.39 Å². The molecule has 1 unspecified atom stereocenters. The molecule has 122 valence electrons. The van der Waals surface area contributed by atoms with Gasteiger partial charge in [-0.2, -0.15) is 0 Å². The van der Waals surface area contributed by atoms with Crippen molar-refractivity contribution >= 4 is 34.5 Å². The van der Waals surface area contributed by atoms with Crippen LogP contribution in [0.5, 0.6) is 0 Å². The Morgan fingerprint density at radius 2 is 2.09 bits per heavy atom. The van der Waals surface area contributed by atoms with E-state index in [4.69, 9.17) is 0 Å². The lowest BCUT2D eigenvalue weighted by molar-refractivity contribution is -0.120. The van der Waals surface area contributed by atoms with Gasteiger partial charge in [0.15, 0.2) is 0 Å². The molecule has 2 aromatic rings. The van der Waals surface area contributed by atoms with Gasteiger partial charge in [0.25, 0.3) is 0 Å². The summed E-state index contributed by atoms with van der Waals surface area (Å²) >= 11 is 1.58. The number of amides is 2. The lowest BCUT2D eigenvalue weighted by atomic mass is 10.2. The number of hydrogen-bond donors (Lipinski definition) is 3. The largest absolute Gasteiger partial charge is 0.376 e. The van der Waals surface area contributed by atoms with Crippen molar-refractivity contribution in [1.29, 1.82) is 0 Å². The van der Waals surface area contributed by atoms with Gasteiger partial charge in [0, 0.05) is 17.5 Å². The third kappa shape index (κ3) is 5.07. The Hall–Kier alpha value is -2.41. The molecule has 0 saturated carbocycles. The van der Waals surface area contributed by atoms with Crippen LogP contribution in [0.2, 0.25) is 0 Å². The molecule has 2 amide bonds. The topological polar surface area (TPSA) is 70.2 Å². The van der Waals surface area contributed by atoms with Crippen LogP contribution >= 0.6 is 11.3 Å². The Morgan fingerprint density at radius 1 is 1.30 bits per heavy atom. The quantitative estimate of drug-likeness (QED) is 0.759. The highest BCUT2D eigenvalue weighted by Crippen LogP contribution is 2.20. The van der Waals surface area contributed by atoms with Crippen molar-refractivity contribution < 1.29 is 14.0 Å². The first-order valence-corrected chi connectivity index (χ1v) is 7.97. The molecule has 5 nitrogen and oxygen atoms in total. The zero-order chi connectivity index (χ0) is 16.8. The van der Waals surface area contributed by atoms with E-state index >= 15 is 0 Å². The summed E-state index contributed by atoms with van der Waals surface area (Å²) in [4.78, 5) is 24.0. The number of rotatable bonds is 6. The van der Waals surface area contributed by atoms with E-state index < -0.39 is 5.82 Å². The van der Waals surface area contributed by atoms with Gasteiger partial charge in [-0.05, 0) is 36.6 Å². The minimum absolute atomic E-state index is 0.0564. The number of benzene rings is 1. The van der Waals surface area contributed by atoms with Crippen LogP contribution in [-0.2, 0) is 9.59 Å². The Labute approximate surface area is 137 Å². The van der Waals surface area contributed by atoms with Crippen molar-refractivity contribution in [2.75, 3.05) is 17.2 Å². The molecule has 0 fully saturated rings. The van der Waals surface area contributed by atoms with E-state index in [1.807, 2.05) is 24.4 Å². The normalized spacial score (nSPS) is 11.6. The highest BCUT2D eigenvalue weighted by atomic mass is 32.1.